The van der Waals surface area contributed by atoms with Crippen LogP contribution in [0.2, 0.25) is 0 Å². The summed E-state index contributed by atoms with van der Waals surface area (Å²) in [6, 6.07) is 16.2. The number of anilines is 2. The number of thiophene rings is 1. The van der Waals surface area contributed by atoms with Crippen molar-refractivity contribution < 1.29 is 4.79 Å². The second-order valence-corrected chi connectivity index (χ2v) is 5.78. The van der Waals surface area contributed by atoms with Crippen LogP contribution in [0, 0.1) is 0 Å². The number of amides is 1. The quantitative estimate of drug-likeness (QED) is 0.745. The Morgan fingerprint density at radius 1 is 1.10 bits per heavy atom. The van der Waals surface area contributed by atoms with E-state index in [1.54, 1.807) is 11.3 Å². The summed E-state index contributed by atoms with van der Waals surface area (Å²) in [5.41, 5.74) is 3.10. The van der Waals surface area contributed by atoms with Gasteiger partial charge in [-0.05, 0) is 40.6 Å². The Morgan fingerprint density at radius 2 is 1.90 bits per heavy atom. The monoisotopic (exact) mass is 296 g/mol. The van der Waals surface area contributed by atoms with Crippen LogP contribution in [0.15, 0.2) is 53.9 Å². The van der Waals surface area contributed by atoms with Gasteiger partial charge in [0.05, 0.1) is 0 Å². The van der Waals surface area contributed by atoms with Crippen LogP contribution in [-0.4, -0.2) is 5.91 Å². The summed E-state index contributed by atoms with van der Waals surface area (Å²) in [4.78, 5) is 11.1. The maximum Gasteiger partial charge on any atom is 0.221 e. The van der Waals surface area contributed by atoms with Crippen LogP contribution in [0.5, 0.6) is 0 Å². The second kappa shape index (κ2) is 5.97. The van der Waals surface area contributed by atoms with Gasteiger partial charge in [-0.25, -0.2) is 0 Å². The fourth-order valence-electron chi connectivity index (χ4n) is 2.28. The third-order valence-electron chi connectivity index (χ3n) is 3.23. The van der Waals surface area contributed by atoms with E-state index in [1.165, 1.54) is 22.6 Å². The third-order valence-corrected chi connectivity index (χ3v) is 4.24. The molecule has 0 aliphatic carbocycles. The number of hydrogen-bond acceptors (Lipinski definition) is 3. The van der Waals surface area contributed by atoms with Crippen molar-refractivity contribution in [1.82, 2.24) is 0 Å². The number of hydrogen-bond donors (Lipinski definition) is 2. The molecule has 0 fully saturated rings. The minimum Gasteiger partial charge on any atom is -0.381 e. The molecule has 3 rings (SSSR count). The van der Waals surface area contributed by atoms with Gasteiger partial charge in [0.2, 0.25) is 5.91 Å². The molecule has 3 aromatic rings. The third kappa shape index (κ3) is 3.23. The number of rotatable bonds is 4. The zero-order valence-corrected chi connectivity index (χ0v) is 12.5. The Morgan fingerprint density at radius 3 is 2.76 bits per heavy atom. The van der Waals surface area contributed by atoms with Crippen LogP contribution in [-0.2, 0) is 11.3 Å². The Labute approximate surface area is 127 Å². The van der Waals surface area contributed by atoms with Gasteiger partial charge in [-0.3, -0.25) is 4.79 Å². The molecule has 106 valence electrons. The summed E-state index contributed by atoms with van der Waals surface area (Å²) in [5, 5.41) is 9.69. The number of carbonyl (C=O) groups is 1. The molecule has 0 spiro atoms. The lowest BCUT2D eigenvalue weighted by Crippen LogP contribution is -2.06. The predicted octanol–water partition coefficient (Wildman–Crippen LogP) is 4.47. The van der Waals surface area contributed by atoms with Crippen LogP contribution in [0.1, 0.15) is 12.5 Å². The van der Waals surface area contributed by atoms with E-state index in [0.29, 0.717) is 0 Å². The number of nitrogens with one attached hydrogen (secondary N) is 2. The summed E-state index contributed by atoms with van der Waals surface area (Å²) in [5.74, 6) is -0.0593. The highest BCUT2D eigenvalue weighted by molar-refractivity contribution is 7.17. The van der Waals surface area contributed by atoms with Crippen molar-refractivity contribution in [2.75, 3.05) is 10.6 Å². The molecule has 21 heavy (non-hydrogen) atoms. The molecule has 2 N–H and O–H groups in total. The lowest BCUT2D eigenvalue weighted by molar-refractivity contribution is -0.114. The molecule has 2 aromatic carbocycles. The van der Waals surface area contributed by atoms with E-state index in [4.69, 9.17) is 0 Å². The lowest BCUT2D eigenvalue weighted by Gasteiger charge is -2.08. The van der Waals surface area contributed by atoms with E-state index in [0.717, 1.165) is 17.9 Å². The molecule has 1 amide bonds. The minimum atomic E-state index is -0.0593. The van der Waals surface area contributed by atoms with Crippen LogP contribution in [0.25, 0.3) is 10.1 Å². The standard InChI is InChI=1S/C17H16N2OS/c1-12(20)19-15-6-4-5-14(9-15)18-10-13-11-21-17-8-3-2-7-16(13)17/h2-9,11,18H,10H2,1H3,(H,19,20). The molecule has 0 bridgehead atoms. The highest BCUT2D eigenvalue weighted by Gasteiger charge is 2.03. The lowest BCUT2D eigenvalue weighted by atomic mass is 10.2. The first-order valence-corrected chi connectivity index (χ1v) is 7.67. The van der Waals surface area contributed by atoms with Crippen LogP contribution in [0.3, 0.4) is 0 Å². The van der Waals surface area contributed by atoms with E-state index in [1.807, 2.05) is 24.3 Å². The van der Waals surface area contributed by atoms with Gasteiger partial charge < -0.3 is 10.6 Å². The van der Waals surface area contributed by atoms with Gasteiger partial charge >= 0.3 is 0 Å². The Balaban J connectivity index is 1.74. The van der Waals surface area contributed by atoms with Gasteiger partial charge in [-0.1, -0.05) is 24.3 Å². The molecule has 0 aliphatic rings. The van der Waals surface area contributed by atoms with Crippen molar-refractivity contribution in [3.63, 3.8) is 0 Å². The van der Waals surface area contributed by atoms with Crippen LogP contribution in [0.4, 0.5) is 11.4 Å². The zero-order chi connectivity index (χ0) is 14.7. The summed E-state index contributed by atoms with van der Waals surface area (Å²) >= 11 is 1.76. The first kappa shape index (κ1) is 13.6. The summed E-state index contributed by atoms with van der Waals surface area (Å²) in [6.45, 7) is 2.28. The molecule has 0 saturated carbocycles. The minimum absolute atomic E-state index is 0.0593. The van der Waals surface area contributed by atoms with Gasteiger partial charge in [0.25, 0.3) is 0 Å². The van der Waals surface area contributed by atoms with Crippen LogP contribution < -0.4 is 10.6 Å². The molecule has 4 heteroatoms. The molecule has 0 saturated heterocycles. The maximum absolute atomic E-state index is 11.1. The maximum atomic E-state index is 11.1. The normalized spacial score (nSPS) is 10.5. The largest absolute Gasteiger partial charge is 0.381 e. The average Bonchev–Trinajstić information content (AvgIpc) is 2.88. The fraction of sp³-hybridized carbons (Fsp3) is 0.118. The average molecular weight is 296 g/mol. The molecule has 0 aliphatic heterocycles. The van der Waals surface area contributed by atoms with E-state index in [2.05, 4.69) is 40.3 Å². The molecule has 0 atom stereocenters. The van der Waals surface area contributed by atoms with Gasteiger partial charge in [0.15, 0.2) is 0 Å². The molecule has 1 heterocycles. The molecule has 1 aromatic heterocycles. The summed E-state index contributed by atoms with van der Waals surface area (Å²) in [6.07, 6.45) is 0. The van der Waals surface area contributed by atoms with Crippen molar-refractivity contribution >= 4 is 38.7 Å². The van der Waals surface area contributed by atoms with Gasteiger partial charge in [0, 0.05) is 29.5 Å². The van der Waals surface area contributed by atoms with Crippen molar-refractivity contribution in [1.29, 1.82) is 0 Å². The SMILES string of the molecule is CC(=O)Nc1cccc(NCc2csc3ccccc23)c1. The Bertz CT molecular complexity index is 779. The topological polar surface area (TPSA) is 41.1 Å². The summed E-state index contributed by atoms with van der Waals surface area (Å²) < 4.78 is 1.31. The molecular weight excluding hydrogens is 280 g/mol. The van der Waals surface area contributed by atoms with Crippen molar-refractivity contribution in [3.05, 3.63) is 59.5 Å². The van der Waals surface area contributed by atoms with Gasteiger partial charge in [-0.2, -0.15) is 0 Å². The van der Waals surface area contributed by atoms with Crippen molar-refractivity contribution in [2.45, 2.75) is 13.5 Å². The first-order chi connectivity index (χ1) is 10.2. The molecule has 0 unspecified atom stereocenters. The van der Waals surface area contributed by atoms with Crippen molar-refractivity contribution in [2.24, 2.45) is 0 Å². The summed E-state index contributed by atoms with van der Waals surface area (Å²) in [7, 11) is 0. The predicted molar refractivity (Wildman–Crippen MR) is 89.9 cm³/mol. The van der Waals surface area contributed by atoms with Crippen molar-refractivity contribution in [3.8, 4) is 0 Å². The van der Waals surface area contributed by atoms with E-state index >= 15 is 0 Å². The zero-order valence-electron chi connectivity index (χ0n) is 11.7. The highest BCUT2D eigenvalue weighted by Crippen LogP contribution is 2.26. The smallest absolute Gasteiger partial charge is 0.221 e. The van der Waals surface area contributed by atoms with E-state index in [-0.39, 0.29) is 5.91 Å². The van der Waals surface area contributed by atoms with Crippen LogP contribution >= 0.6 is 11.3 Å². The number of fused-ring (bicyclic) bond motifs is 1. The first-order valence-electron chi connectivity index (χ1n) is 6.79. The number of benzene rings is 2. The molecular formula is C17H16N2OS. The fourth-order valence-corrected chi connectivity index (χ4v) is 3.24. The highest BCUT2D eigenvalue weighted by atomic mass is 32.1. The molecule has 3 nitrogen and oxygen atoms in total. The van der Waals surface area contributed by atoms with E-state index < -0.39 is 0 Å². The molecule has 0 radical (unpaired) electrons. The van der Waals surface area contributed by atoms with Gasteiger partial charge in [0.1, 0.15) is 0 Å². The Hall–Kier alpha value is -2.33. The Kier molecular flexibility index (Phi) is 3.88. The second-order valence-electron chi connectivity index (χ2n) is 4.87. The van der Waals surface area contributed by atoms with E-state index in [9.17, 15) is 4.79 Å². The van der Waals surface area contributed by atoms with Gasteiger partial charge in [-0.15, -0.1) is 11.3 Å². The number of carbonyl (C=O) groups excluding carboxylic acids is 1.